The number of halogens is 2. The molecule has 2 heterocycles. The van der Waals surface area contributed by atoms with E-state index in [2.05, 4.69) is 9.29 Å². The monoisotopic (exact) mass is 460 g/mol. The van der Waals surface area contributed by atoms with Crippen molar-refractivity contribution in [2.24, 2.45) is 0 Å². The molecule has 0 fully saturated rings. The number of aryl methyl sites for hydroxylation is 1. The summed E-state index contributed by atoms with van der Waals surface area (Å²) in [5.74, 6) is -0.0483. The summed E-state index contributed by atoms with van der Waals surface area (Å²) in [7, 11) is -3.84. The van der Waals surface area contributed by atoms with E-state index in [9.17, 15) is 13.5 Å². The van der Waals surface area contributed by atoms with Crippen LogP contribution in [0.1, 0.15) is 12.0 Å². The minimum absolute atomic E-state index is 0.00269. The molecule has 3 aromatic rings. The van der Waals surface area contributed by atoms with Gasteiger partial charge in [0.1, 0.15) is 14.3 Å². The number of nitrogens with one attached hydrogen (secondary N) is 1. The minimum atomic E-state index is -3.84. The second-order valence-electron chi connectivity index (χ2n) is 5.96. The third kappa shape index (κ3) is 5.42. The van der Waals surface area contributed by atoms with Crippen LogP contribution in [0.3, 0.4) is 0 Å². The lowest BCUT2D eigenvalue weighted by Gasteiger charge is -2.10. The number of aromatic hydroxyl groups is 1. The zero-order valence-corrected chi connectivity index (χ0v) is 17.8. The zero-order chi connectivity index (χ0) is 20.1. The molecule has 0 bridgehead atoms. The van der Waals surface area contributed by atoms with Crippen LogP contribution in [-0.2, 0) is 27.9 Å². The van der Waals surface area contributed by atoms with Gasteiger partial charge >= 0.3 is 0 Å². The van der Waals surface area contributed by atoms with Crippen LogP contribution in [-0.4, -0.2) is 24.7 Å². The molecular weight excluding hydrogens is 443 g/mol. The molecule has 0 aliphatic carbocycles. The summed E-state index contributed by atoms with van der Waals surface area (Å²) in [5.41, 5.74) is 0.806. The molecule has 28 heavy (non-hydrogen) atoms. The standard InChI is InChI=1S/C18H18Cl2N2O4S2/c19-15-11-17(27-18(15)20)28(24,25)21-14-5-4-13(16(23)10-14)12-26-9-3-8-22-6-1-2-7-22/h1-2,4-7,10-11,21,23H,3,8-9,12H2. The predicted octanol–water partition coefficient (Wildman–Crippen LogP) is 4.97. The molecule has 2 N–H and O–H groups in total. The smallest absolute Gasteiger partial charge is 0.271 e. The van der Waals surface area contributed by atoms with Crippen LogP contribution in [0.4, 0.5) is 5.69 Å². The molecule has 6 nitrogen and oxygen atoms in total. The summed E-state index contributed by atoms with van der Waals surface area (Å²) >= 11 is 12.5. The number of ether oxygens (including phenoxy) is 1. The topological polar surface area (TPSA) is 80.6 Å². The zero-order valence-electron chi connectivity index (χ0n) is 14.6. The van der Waals surface area contributed by atoms with Gasteiger partial charge in [-0.1, -0.05) is 29.3 Å². The van der Waals surface area contributed by atoms with E-state index >= 15 is 0 Å². The van der Waals surface area contributed by atoms with Crippen molar-refractivity contribution in [3.05, 3.63) is 63.7 Å². The van der Waals surface area contributed by atoms with Crippen LogP contribution in [0.5, 0.6) is 5.75 Å². The van der Waals surface area contributed by atoms with Gasteiger partial charge in [0.05, 0.1) is 17.3 Å². The van der Waals surface area contributed by atoms with E-state index < -0.39 is 10.0 Å². The van der Waals surface area contributed by atoms with Gasteiger partial charge in [0.25, 0.3) is 10.0 Å². The van der Waals surface area contributed by atoms with Gasteiger partial charge in [-0.2, -0.15) is 0 Å². The Balaban J connectivity index is 1.54. The summed E-state index contributed by atoms with van der Waals surface area (Å²) in [5, 5.41) is 10.3. The highest BCUT2D eigenvalue weighted by Crippen LogP contribution is 2.35. The van der Waals surface area contributed by atoms with Crippen LogP contribution >= 0.6 is 34.5 Å². The highest BCUT2D eigenvalue weighted by Gasteiger charge is 2.19. The van der Waals surface area contributed by atoms with Crippen LogP contribution in [0.15, 0.2) is 53.0 Å². The number of nitrogens with zero attached hydrogens (tertiary/aromatic N) is 1. The first-order valence-electron chi connectivity index (χ1n) is 8.33. The van der Waals surface area contributed by atoms with E-state index in [4.69, 9.17) is 27.9 Å². The number of aromatic nitrogens is 1. The lowest BCUT2D eigenvalue weighted by molar-refractivity contribution is 0.114. The first-order chi connectivity index (χ1) is 13.3. The maximum Gasteiger partial charge on any atom is 0.271 e. The summed E-state index contributed by atoms with van der Waals surface area (Å²) in [4.78, 5) is 0. The molecule has 0 saturated heterocycles. The van der Waals surface area contributed by atoms with Crippen molar-refractivity contribution < 1.29 is 18.3 Å². The largest absolute Gasteiger partial charge is 0.508 e. The lowest BCUT2D eigenvalue weighted by atomic mass is 10.2. The highest BCUT2D eigenvalue weighted by molar-refractivity contribution is 7.94. The van der Waals surface area contributed by atoms with E-state index in [0.717, 1.165) is 24.3 Å². The highest BCUT2D eigenvalue weighted by atomic mass is 35.5. The van der Waals surface area contributed by atoms with E-state index in [1.54, 1.807) is 12.1 Å². The Kier molecular flexibility index (Phi) is 6.90. The number of sulfonamides is 1. The van der Waals surface area contributed by atoms with Gasteiger partial charge in [0, 0.05) is 37.2 Å². The molecule has 0 radical (unpaired) electrons. The molecule has 0 atom stereocenters. The number of thiophene rings is 1. The maximum absolute atomic E-state index is 12.4. The molecule has 10 heteroatoms. The number of phenolic OH excluding ortho intramolecular Hbond substituents is 1. The summed E-state index contributed by atoms with van der Waals surface area (Å²) in [6.07, 6.45) is 4.83. The van der Waals surface area contributed by atoms with Gasteiger partial charge in [0.2, 0.25) is 0 Å². The first kappa shape index (κ1) is 21.0. The molecule has 150 valence electrons. The molecule has 2 aromatic heterocycles. The van der Waals surface area contributed by atoms with Gasteiger partial charge in [-0.05, 0) is 30.7 Å². The number of hydrogen-bond acceptors (Lipinski definition) is 5. The predicted molar refractivity (Wildman–Crippen MR) is 112 cm³/mol. The van der Waals surface area contributed by atoms with Crippen molar-refractivity contribution in [1.82, 2.24) is 4.57 Å². The molecule has 0 unspecified atom stereocenters. The SMILES string of the molecule is O=S(=O)(Nc1ccc(COCCCn2cccc2)c(O)c1)c1cc(Cl)c(Cl)s1. The molecule has 0 spiro atoms. The van der Waals surface area contributed by atoms with Crippen molar-refractivity contribution >= 4 is 50.2 Å². The second-order valence-corrected chi connectivity index (χ2v) is 9.93. The van der Waals surface area contributed by atoms with Gasteiger partial charge < -0.3 is 14.4 Å². The van der Waals surface area contributed by atoms with Gasteiger partial charge in [-0.3, -0.25) is 4.72 Å². The van der Waals surface area contributed by atoms with Crippen LogP contribution in [0.25, 0.3) is 0 Å². The van der Waals surface area contributed by atoms with Gasteiger partial charge in [0.15, 0.2) is 0 Å². The van der Waals surface area contributed by atoms with E-state index in [1.807, 2.05) is 24.5 Å². The van der Waals surface area contributed by atoms with Crippen molar-refractivity contribution in [3.63, 3.8) is 0 Å². The normalized spacial score (nSPS) is 11.6. The quantitative estimate of drug-likeness (QED) is 0.441. The van der Waals surface area contributed by atoms with Crippen molar-refractivity contribution in [1.29, 1.82) is 0 Å². The fourth-order valence-corrected chi connectivity index (χ4v) is 5.39. The Morgan fingerprint density at radius 1 is 1.18 bits per heavy atom. The second kappa shape index (κ2) is 9.19. The number of hydrogen-bond donors (Lipinski definition) is 2. The van der Waals surface area contributed by atoms with Crippen molar-refractivity contribution in [3.8, 4) is 5.75 Å². The molecule has 0 aliphatic rings. The average Bonchev–Trinajstić information content (AvgIpc) is 3.27. The molecule has 1 aromatic carbocycles. The van der Waals surface area contributed by atoms with Crippen LogP contribution in [0.2, 0.25) is 9.36 Å². The molecular formula is C18H18Cl2N2O4S2. The third-order valence-electron chi connectivity index (χ3n) is 3.85. The van der Waals surface area contributed by atoms with Gasteiger partial charge in [-0.15, -0.1) is 11.3 Å². The summed E-state index contributed by atoms with van der Waals surface area (Å²) in [6, 6.07) is 9.74. The molecule has 3 rings (SSSR count). The molecule has 0 amide bonds. The van der Waals surface area contributed by atoms with Crippen molar-refractivity contribution in [2.45, 2.75) is 23.8 Å². The van der Waals surface area contributed by atoms with Crippen LogP contribution < -0.4 is 4.72 Å². The van der Waals surface area contributed by atoms with Crippen molar-refractivity contribution in [2.75, 3.05) is 11.3 Å². The Morgan fingerprint density at radius 3 is 2.57 bits per heavy atom. The fourth-order valence-electron chi connectivity index (χ4n) is 2.46. The molecule has 0 aliphatic heterocycles. The number of anilines is 1. The molecule has 0 saturated carbocycles. The fraction of sp³-hybridized carbons (Fsp3) is 0.222. The van der Waals surface area contributed by atoms with E-state index in [-0.39, 0.29) is 31.6 Å². The number of benzene rings is 1. The maximum atomic E-state index is 12.4. The summed E-state index contributed by atoms with van der Waals surface area (Å²) in [6.45, 7) is 1.64. The lowest BCUT2D eigenvalue weighted by Crippen LogP contribution is -2.11. The van der Waals surface area contributed by atoms with Crippen LogP contribution in [0, 0.1) is 0 Å². The Bertz CT molecular complexity index is 1010. The minimum Gasteiger partial charge on any atom is -0.508 e. The third-order valence-corrected chi connectivity index (χ3v) is 7.57. The Hall–Kier alpha value is -1.71. The summed E-state index contributed by atoms with van der Waals surface area (Å²) < 4.78 is 35.0. The van der Waals surface area contributed by atoms with E-state index in [1.165, 1.54) is 12.1 Å². The Labute approximate surface area is 177 Å². The van der Waals surface area contributed by atoms with E-state index in [0.29, 0.717) is 12.2 Å². The number of phenols is 1. The average molecular weight is 461 g/mol. The van der Waals surface area contributed by atoms with Gasteiger partial charge in [-0.25, -0.2) is 8.42 Å². The first-order valence-corrected chi connectivity index (χ1v) is 11.4. The Morgan fingerprint density at radius 2 is 1.93 bits per heavy atom. The number of rotatable bonds is 9.